The van der Waals surface area contributed by atoms with Crippen LogP contribution < -0.4 is 10.6 Å². The van der Waals surface area contributed by atoms with E-state index in [9.17, 15) is 13.2 Å². The lowest BCUT2D eigenvalue weighted by Gasteiger charge is -2.27. The highest BCUT2D eigenvalue weighted by molar-refractivity contribution is 5.32. The van der Waals surface area contributed by atoms with Crippen LogP contribution in [0.2, 0.25) is 0 Å². The number of halogens is 3. The first-order valence-corrected chi connectivity index (χ1v) is 6.65. The van der Waals surface area contributed by atoms with Gasteiger partial charge in [0.2, 0.25) is 0 Å². The maximum Gasteiger partial charge on any atom is 0.406 e. The SMILES string of the molecule is FC(F)(F)C1(NC2CCNCc3ccccc32)CC1. The highest BCUT2D eigenvalue weighted by atomic mass is 19.4. The van der Waals surface area contributed by atoms with Gasteiger partial charge in [-0.05, 0) is 36.9 Å². The molecule has 3 rings (SSSR count). The van der Waals surface area contributed by atoms with Gasteiger partial charge in [0.25, 0.3) is 0 Å². The second-order valence-corrected chi connectivity index (χ2v) is 5.44. The molecule has 104 valence electrons. The number of hydrogen-bond donors (Lipinski definition) is 2. The van der Waals surface area contributed by atoms with E-state index in [0.717, 1.165) is 24.2 Å². The average Bonchev–Trinajstić information content (AvgIpc) is 3.15. The van der Waals surface area contributed by atoms with E-state index in [1.54, 1.807) is 0 Å². The number of rotatable bonds is 2. The molecule has 1 aromatic carbocycles. The summed E-state index contributed by atoms with van der Waals surface area (Å²) in [6, 6.07) is 7.53. The van der Waals surface area contributed by atoms with Crippen molar-refractivity contribution in [3.8, 4) is 0 Å². The average molecular weight is 270 g/mol. The van der Waals surface area contributed by atoms with E-state index >= 15 is 0 Å². The Labute approximate surface area is 110 Å². The molecule has 0 bridgehead atoms. The van der Waals surface area contributed by atoms with E-state index < -0.39 is 11.7 Å². The first-order chi connectivity index (χ1) is 9.02. The molecule has 1 fully saturated rings. The van der Waals surface area contributed by atoms with Gasteiger partial charge in [-0.15, -0.1) is 0 Å². The van der Waals surface area contributed by atoms with Gasteiger partial charge in [-0.2, -0.15) is 13.2 Å². The third kappa shape index (κ3) is 2.37. The standard InChI is InChI=1S/C14H17F3N2/c15-14(16,17)13(6-7-13)19-12-5-8-18-9-10-3-1-2-4-11(10)12/h1-4,12,18-19H,5-9H2. The Bertz CT molecular complexity index is 466. The molecule has 1 atom stereocenters. The first-order valence-electron chi connectivity index (χ1n) is 6.65. The molecule has 19 heavy (non-hydrogen) atoms. The van der Waals surface area contributed by atoms with Crippen molar-refractivity contribution >= 4 is 0 Å². The lowest BCUT2D eigenvalue weighted by atomic mass is 9.98. The van der Waals surface area contributed by atoms with Crippen molar-refractivity contribution in [3.05, 3.63) is 35.4 Å². The molecule has 1 aliphatic heterocycles. The molecule has 2 N–H and O–H groups in total. The van der Waals surface area contributed by atoms with Gasteiger partial charge < -0.3 is 5.32 Å². The van der Waals surface area contributed by atoms with E-state index in [1.807, 2.05) is 24.3 Å². The van der Waals surface area contributed by atoms with E-state index in [4.69, 9.17) is 0 Å². The number of hydrogen-bond acceptors (Lipinski definition) is 2. The van der Waals surface area contributed by atoms with Crippen molar-refractivity contribution in [1.82, 2.24) is 10.6 Å². The lowest BCUT2D eigenvalue weighted by Crippen LogP contribution is -2.46. The van der Waals surface area contributed by atoms with Crippen molar-refractivity contribution in [2.24, 2.45) is 0 Å². The fourth-order valence-corrected chi connectivity index (χ4v) is 2.78. The molecule has 1 aliphatic carbocycles. The maximum atomic E-state index is 13.1. The van der Waals surface area contributed by atoms with Gasteiger partial charge in [0.05, 0.1) is 0 Å². The Morgan fingerprint density at radius 2 is 1.95 bits per heavy atom. The lowest BCUT2D eigenvalue weighted by molar-refractivity contribution is -0.168. The summed E-state index contributed by atoms with van der Waals surface area (Å²) in [5, 5.41) is 6.13. The minimum Gasteiger partial charge on any atom is -0.313 e. The molecule has 0 spiro atoms. The van der Waals surface area contributed by atoms with Crippen LogP contribution in [0, 0.1) is 0 Å². The van der Waals surface area contributed by atoms with Crippen molar-refractivity contribution in [1.29, 1.82) is 0 Å². The third-order valence-electron chi connectivity index (χ3n) is 4.10. The topological polar surface area (TPSA) is 24.1 Å². The number of benzene rings is 1. The van der Waals surface area contributed by atoms with Crippen molar-refractivity contribution in [3.63, 3.8) is 0 Å². The number of fused-ring (bicyclic) bond motifs is 1. The van der Waals surface area contributed by atoms with E-state index in [1.165, 1.54) is 0 Å². The summed E-state index contributed by atoms with van der Waals surface area (Å²) < 4.78 is 39.2. The normalized spacial score (nSPS) is 25.5. The molecule has 2 nitrogen and oxygen atoms in total. The Kier molecular flexibility index (Phi) is 3.06. The van der Waals surface area contributed by atoms with Crippen LogP contribution in [0.25, 0.3) is 0 Å². The second kappa shape index (κ2) is 4.49. The molecule has 0 amide bonds. The molecule has 1 heterocycles. The minimum absolute atomic E-state index is 0.197. The van der Waals surface area contributed by atoms with Gasteiger partial charge in [-0.25, -0.2) is 0 Å². The number of nitrogens with one attached hydrogen (secondary N) is 2. The monoisotopic (exact) mass is 270 g/mol. The zero-order valence-electron chi connectivity index (χ0n) is 10.6. The van der Waals surface area contributed by atoms with Gasteiger partial charge in [0.15, 0.2) is 0 Å². The number of alkyl halides is 3. The van der Waals surface area contributed by atoms with Crippen LogP contribution in [0.15, 0.2) is 24.3 Å². The molecule has 2 aliphatic rings. The van der Waals surface area contributed by atoms with Crippen molar-refractivity contribution in [2.75, 3.05) is 6.54 Å². The Balaban J connectivity index is 1.86. The largest absolute Gasteiger partial charge is 0.406 e. The molecule has 0 radical (unpaired) electrons. The minimum atomic E-state index is -4.15. The summed E-state index contributed by atoms with van der Waals surface area (Å²) in [7, 11) is 0. The van der Waals surface area contributed by atoms with Gasteiger partial charge in [-0.3, -0.25) is 5.32 Å². The van der Waals surface area contributed by atoms with Crippen LogP contribution in [0.5, 0.6) is 0 Å². The zero-order valence-corrected chi connectivity index (χ0v) is 10.6. The molecular weight excluding hydrogens is 253 g/mol. The van der Waals surface area contributed by atoms with Crippen molar-refractivity contribution in [2.45, 2.75) is 43.6 Å². The van der Waals surface area contributed by atoms with E-state index in [2.05, 4.69) is 10.6 Å². The fraction of sp³-hybridized carbons (Fsp3) is 0.571. The molecule has 0 aromatic heterocycles. The third-order valence-corrected chi connectivity index (χ3v) is 4.10. The second-order valence-electron chi connectivity index (χ2n) is 5.44. The van der Waals surface area contributed by atoms with Gasteiger partial charge in [0, 0.05) is 12.6 Å². The molecule has 5 heteroatoms. The summed E-state index contributed by atoms with van der Waals surface area (Å²) in [5.41, 5.74) is 0.452. The summed E-state index contributed by atoms with van der Waals surface area (Å²) in [4.78, 5) is 0. The van der Waals surface area contributed by atoms with Gasteiger partial charge in [-0.1, -0.05) is 24.3 Å². The van der Waals surface area contributed by atoms with Crippen LogP contribution >= 0.6 is 0 Å². The smallest absolute Gasteiger partial charge is 0.313 e. The van der Waals surface area contributed by atoms with E-state index in [0.29, 0.717) is 6.42 Å². The molecular formula is C14H17F3N2. The summed E-state index contributed by atoms with van der Waals surface area (Å²) in [5.74, 6) is 0. The van der Waals surface area contributed by atoms with E-state index in [-0.39, 0.29) is 18.9 Å². The molecule has 1 aromatic rings. The van der Waals surface area contributed by atoms with Gasteiger partial charge >= 0.3 is 6.18 Å². The van der Waals surface area contributed by atoms with Crippen LogP contribution in [0.3, 0.4) is 0 Å². The molecule has 1 saturated carbocycles. The Morgan fingerprint density at radius 1 is 1.21 bits per heavy atom. The van der Waals surface area contributed by atoms with Crippen LogP contribution in [-0.2, 0) is 6.54 Å². The maximum absolute atomic E-state index is 13.1. The highest BCUT2D eigenvalue weighted by Crippen LogP contribution is 2.50. The predicted molar refractivity (Wildman–Crippen MR) is 66.7 cm³/mol. The van der Waals surface area contributed by atoms with Crippen molar-refractivity contribution < 1.29 is 13.2 Å². The van der Waals surface area contributed by atoms with Crippen LogP contribution in [-0.4, -0.2) is 18.3 Å². The Hall–Kier alpha value is -1.07. The highest BCUT2D eigenvalue weighted by Gasteiger charge is 2.63. The summed E-state index contributed by atoms with van der Waals surface area (Å²) in [6.07, 6.45) is -3.07. The van der Waals surface area contributed by atoms with Crippen LogP contribution in [0.4, 0.5) is 13.2 Å². The predicted octanol–water partition coefficient (Wildman–Crippen LogP) is 2.91. The van der Waals surface area contributed by atoms with Crippen LogP contribution in [0.1, 0.15) is 36.4 Å². The summed E-state index contributed by atoms with van der Waals surface area (Å²) >= 11 is 0. The Morgan fingerprint density at radius 3 is 2.63 bits per heavy atom. The van der Waals surface area contributed by atoms with Gasteiger partial charge in [0.1, 0.15) is 5.54 Å². The fourth-order valence-electron chi connectivity index (χ4n) is 2.78. The zero-order chi connectivity index (χ0) is 13.5. The quantitative estimate of drug-likeness (QED) is 0.863. The summed E-state index contributed by atoms with van der Waals surface area (Å²) in [6.45, 7) is 1.47. The first kappa shape index (κ1) is 12.9. The molecule has 1 unspecified atom stereocenters. The molecule has 0 saturated heterocycles.